The number of rotatable bonds is 2. The minimum absolute atomic E-state index is 0.00487. The molecule has 0 N–H and O–H groups in total. The lowest BCUT2D eigenvalue weighted by atomic mass is 9.82. The Bertz CT molecular complexity index is 3440. The molecule has 40 heavy (non-hydrogen) atoms. The largest absolute Gasteiger partial charge is 0.0630 e. The van der Waals surface area contributed by atoms with E-state index in [1.165, 1.54) is 0 Å². The lowest BCUT2D eigenvalue weighted by Gasteiger charge is -2.21. The second kappa shape index (κ2) is 8.15. The molecule has 0 amide bonds. The summed E-state index contributed by atoms with van der Waals surface area (Å²) in [6.45, 7) is 0. The average molecular weight is 524 g/mol. The van der Waals surface area contributed by atoms with E-state index in [1.54, 1.807) is 30.3 Å². The second-order valence-electron chi connectivity index (χ2n) is 9.37. The summed E-state index contributed by atoms with van der Waals surface area (Å²) in [5, 5.41) is -3.63. The SMILES string of the molecule is [2H]c1c([2H])c([2H])c2c(-c3c([2H])c([2H])c4c([2H])c([2H])c5c([2H])c([2H])c([2H])c6c([2H])c([2H])c3c4c56)c3c(c([2H])c([2H])c4c([2H])c([2H])c([2H])c([2H])c43)c(-c3ccccc3)c2c1[2H]. The lowest BCUT2D eigenvalue weighted by molar-refractivity contribution is 1.67. The molecule has 0 spiro atoms. The van der Waals surface area contributed by atoms with Crippen LogP contribution in [0.4, 0.5) is 0 Å². The highest BCUT2D eigenvalue weighted by atomic mass is 14.2. The molecular weight excluding hydrogens is 480 g/mol. The van der Waals surface area contributed by atoms with Crippen molar-refractivity contribution in [2.24, 2.45) is 0 Å². The normalized spacial score (nSPS) is 18.6. The quantitative estimate of drug-likeness (QED) is 0.156. The first-order valence-electron chi connectivity index (χ1n) is 21.9. The fourth-order valence-electron chi connectivity index (χ4n) is 5.67. The van der Waals surface area contributed by atoms with Crippen LogP contribution in [0.3, 0.4) is 0 Å². The van der Waals surface area contributed by atoms with E-state index in [4.69, 9.17) is 13.7 Å². The standard InChI is InChI=1S/C40H24/c1-2-10-26(11-3-1)37-31-15-6-7-16-32(31)40(39-30-14-5-4-9-25(30)19-24-35(37)39)34-23-21-29-18-17-27-12-8-13-28-20-22-33(34)38(29)36(27)28/h1-24H/i4D,5D,6D,7D,8D,9D,12D,13D,14D,15D,16D,17D,18D,19D,20D,21D,22D,23D,24D. The fourth-order valence-corrected chi connectivity index (χ4v) is 5.67. The van der Waals surface area contributed by atoms with E-state index in [9.17, 15) is 12.3 Å². The predicted octanol–water partition coefficient (Wildman–Crippen LogP) is 11.4. The van der Waals surface area contributed by atoms with Crippen LogP contribution < -0.4 is 0 Å². The van der Waals surface area contributed by atoms with Crippen molar-refractivity contribution in [3.05, 3.63) is 145 Å². The molecule has 0 aliphatic rings. The van der Waals surface area contributed by atoms with Crippen LogP contribution in [0.2, 0.25) is 0 Å². The van der Waals surface area contributed by atoms with Crippen LogP contribution in [0.5, 0.6) is 0 Å². The molecule has 0 saturated carbocycles. The van der Waals surface area contributed by atoms with E-state index in [1.807, 2.05) is 0 Å². The smallest absolute Gasteiger partial charge is 0.0622 e. The van der Waals surface area contributed by atoms with Crippen LogP contribution in [-0.2, 0) is 0 Å². The second-order valence-corrected chi connectivity index (χ2v) is 9.37. The van der Waals surface area contributed by atoms with Gasteiger partial charge in [0, 0.05) is 0 Å². The molecule has 0 heterocycles. The fraction of sp³-hybridized carbons (Fsp3) is 0. The maximum atomic E-state index is 9.66. The summed E-state index contributed by atoms with van der Waals surface area (Å²) in [7, 11) is 0. The molecule has 0 radical (unpaired) electrons. The first-order valence-corrected chi connectivity index (χ1v) is 12.4. The van der Waals surface area contributed by atoms with Gasteiger partial charge in [-0.1, -0.05) is 145 Å². The molecule has 9 aromatic carbocycles. The van der Waals surface area contributed by atoms with Crippen molar-refractivity contribution < 1.29 is 26.0 Å². The number of hydrogen-bond donors (Lipinski definition) is 0. The van der Waals surface area contributed by atoms with Gasteiger partial charge in [0.15, 0.2) is 0 Å². The lowest BCUT2D eigenvalue weighted by Crippen LogP contribution is -1.93. The van der Waals surface area contributed by atoms with Gasteiger partial charge in [-0.05, 0) is 86.9 Å². The number of benzene rings is 9. The van der Waals surface area contributed by atoms with Crippen molar-refractivity contribution in [2.45, 2.75) is 0 Å². The molecule has 0 aromatic heterocycles. The Morgan fingerprint density at radius 3 is 1.73 bits per heavy atom. The van der Waals surface area contributed by atoms with Gasteiger partial charge in [-0.25, -0.2) is 0 Å². The Hall–Kier alpha value is -5.20. The first-order chi connectivity index (χ1) is 27.8. The van der Waals surface area contributed by atoms with E-state index in [0.717, 1.165) is 0 Å². The highest BCUT2D eigenvalue weighted by Crippen LogP contribution is 2.48. The minimum atomic E-state index is -0.770. The van der Waals surface area contributed by atoms with Gasteiger partial charge in [-0.3, -0.25) is 0 Å². The van der Waals surface area contributed by atoms with Gasteiger partial charge in [0.25, 0.3) is 0 Å². The Kier molecular flexibility index (Phi) is 2.12. The van der Waals surface area contributed by atoms with Crippen molar-refractivity contribution in [3.63, 3.8) is 0 Å². The van der Waals surface area contributed by atoms with Crippen LogP contribution >= 0.6 is 0 Å². The van der Waals surface area contributed by atoms with Crippen LogP contribution in [0.15, 0.2) is 145 Å². The third-order valence-corrected chi connectivity index (χ3v) is 7.31. The molecule has 0 aliphatic carbocycles. The zero-order chi connectivity index (χ0) is 42.7. The first kappa shape index (κ1) is 10.4. The van der Waals surface area contributed by atoms with E-state index >= 15 is 0 Å². The molecular formula is C40H24. The molecule has 0 atom stereocenters. The maximum Gasteiger partial charge on any atom is 0.0630 e. The Morgan fingerprint density at radius 1 is 0.350 bits per heavy atom. The maximum absolute atomic E-state index is 9.66. The van der Waals surface area contributed by atoms with Gasteiger partial charge in [0.1, 0.15) is 0 Å². The summed E-state index contributed by atoms with van der Waals surface area (Å²) in [6, 6.07) is -4.86. The molecule has 0 saturated heterocycles. The van der Waals surface area contributed by atoms with Crippen LogP contribution in [0.25, 0.3) is 86.9 Å². The van der Waals surface area contributed by atoms with Crippen LogP contribution in [0, 0.1) is 0 Å². The molecule has 0 fully saturated rings. The van der Waals surface area contributed by atoms with Crippen molar-refractivity contribution >= 4 is 64.6 Å². The minimum Gasteiger partial charge on any atom is -0.0622 e. The molecule has 9 aromatic rings. The molecule has 0 nitrogen and oxygen atoms in total. The van der Waals surface area contributed by atoms with Gasteiger partial charge >= 0.3 is 0 Å². The van der Waals surface area contributed by atoms with E-state index < -0.39 is 126 Å². The summed E-state index contributed by atoms with van der Waals surface area (Å²) >= 11 is 0. The molecule has 0 unspecified atom stereocenters. The van der Waals surface area contributed by atoms with Crippen LogP contribution in [-0.4, -0.2) is 0 Å². The van der Waals surface area contributed by atoms with Gasteiger partial charge < -0.3 is 0 Å². The summed E-state index contributed by atoms with van der Waals surface area (Å²) < 4.78 is 172. The Labute approximate surface area is 258 Å². The molecule has 0 bridgehead atoms. The summed E-state index contributed by atoms with van der Waals surface area (Å²) in [5.41, 5.74) is -0.552. The zero-order valence-electron chi connectivity index (χ0n) is 39.4. The van der Waals surface area contributed by atoms with Crippen molar-refractivity contribution in [1.29, 1.82) is 0 Å². The predicted molar refractivity (Wildman–Crippen MR) is 174 cm³/mol. The van der Waals surface area contributed by atoms with E-state index in [2.05, 4.69) is 0 Å². The highest BCUT2D eigenvalue weighted by Gasteiger charge is 2.20. The number of hydrogen-bond acceptors (Lipinski definition) is 0. The Balaban J connectivity index is 1.77. The number of fused-ring (bicyclic) bond motifs is 4. The van der Waals surface area contributed by atoms with Gasteiger partial charge in [0.2, 0.25) is 0 Å². The van der Waals surface area contributed by atoms with E-state index in [-0.39, 0.29) is 70.4 Å². The average Bonchev–Trinajstić information content (AvgIpc) is 3.22. The van der Waals surface area contributed by atoms with Crippen LogP contribution in [0.1, 0.15) is 26.0 Å². The topological polar surface area (TPSA) is 0 Å². The molecule has 0 heteroatoms. The van der Waals surface area contributed by atoms with Gasteiger partial charge in [-0.15, -0.1) is 0 Å². The molecule has 9 rings (SSSR count). The highest BCUT2D eigenvalue weighted by molar-refractivity contribution is 6.32. The molecule has 0 aliphatic heterocycles. The summed E-state index contributed by atoms with van der Waals surface area (Å²) in [4.78, 5) is 0. The van der Waals surface area contributed by atoms with Crippen molar-refractivity contribution in [3.8, 4) is 22.3 Å². The monoisotopic (exact) mass is 523 g/mol. The Morgan fingerprint density at radius 2 is 0.925 bits per heavy atom. The van der Waals surface area contributed by atoms with Crippen molar-refractivity contribution in [2.75, 3.05) is 0 Å². The van der Waals surface area contributed by atoms with Crippen molar-refractivity contribution in [1.82, 2.24) is 0 Å². The summed E-state index contributed by atoms with van der Waals surface area (Å²) in [6.07, 6.45) is 0. The molecule has 184 valence electrons. The third kappa shape index (κ3) is 2.91. The van der Waals surface area contributed by atoms with E-state index in [0.29, 0.717) is 5.56 Å². The third-order valence-electron chi connectivity index (χ3n) is 7.31. The summed E-state index contributed by atoms with van der Waals surface area (Å²) in [5.74, 6) is 0. The van der Waals surface area contributed by atoms with Gasteiger partial charge in [-0.2, -0.15) is 0 Å². The van der Waals surface area contributed by atoms with Gasteiger partial charge in [0.05, 0.1) is 26.0 Å². The zero-order valence-corrected chi connectivity index (χ0v) is 20.4.